The molecule has 1 N–H and O–H groups in total. The number of carboxylic acids is 1. The van der Waals surface area contributed by atoms with E-state index >= 15 is 0 Å². The lowest BCUT2D eigenvalue weighted by Crippen LogP contribution is -2.18. The zero-order valence-corrected chi connectivity index (χ0v) is 11.2. The second-order valence-corrected chi connectivity index (χ2v) is 5.41. The molecule has 1 aromatic heterocycles. The highest BCUT2D eigenvalue weighted by Gasteiger charge is 2.24. The van der Waals surface area contributed by atoms with Crippen molar-refractivity contribution in [3.05, 3.63) is 29.6 Å². The molecule has 4 nitrogen and oxygen atoms in total. The fourth-order valence-corrected chi connectivity index (χ4v) is 2.21. The van der Waals surface area contributed by atoms with E-state index in [0.29, 0.717) is 5.52 Å². The summed E-state index contributed by atoms with van der Waals surface area (Å²) in [7, 11) is 0. The maximum absolute atomic E-state index is 11.2. The molecule has 96 valence electrons. The molecule has 0 atom stereocenters. The van der Waals surface area contributed by atoms with Crippen LogP contribution in [0.15, 0.2) is 18.2 Å². The van der Waals surface area contributed by atoms with Crippen LogP contribution in [0.25, 0.3) is 11.0 Å². The Morgan fingerprint density at radius 2 is 2.06 bits per heavy atom. The van der Waals surface area contributed by atoms with Crippen LogP contribution in [0.5, 0.6) is 0 Å². The van der Waals surface area contributed by atoms with Crippen LogP contribution in [0.2, 0.25) is 0 Å². The predicted molar refractivity (Wildman–Crippen MR) is 71.1 cm³/mol. The smallest absolute Gasteiger partial charge is 0.337 e. The third kappa shape index (κ3) is 1.88. The largest absolute Gasteiger partial charge is 0.478 e. The van der Waals surface area contributed by atoms with Gasteiger partial charge in [0.15, 0.2) is 0 Å². The SMILES string of the molecule is CCn1c(C(C)(C)C)nc2c(C(=O)O)cccc21. The van der Waals surface area contributed by atoms with E-state index in [1.54, 1.807) is 12.1 Å². The van der Waals surface area contributed by atoms with E-state index in [0.717, 1.165) is 17.9 Å². The van der Waals surface area contributed by atoms with E-state index in [4.69, 9.17) is 0 Å². The average molecular weight is 246 g/mol. The van der Waals surface area contributed by atoms with Gasteiger partial charge in [0.25, 0.3) is 0 Å². The number of hydrogen-bond acceptors (Lipinski definition) is 2. The standard InChI is InChI=1S/C14H18N2O2/c1-5-16-10-8-6-7-9(12(17)18)11(10)15-13(16)14(2,3)4/h6-8H,5H2,1-4H3,(H,17,18). The maximum Gasteiger partial charge on any atom is 0.337 e. The van der Waals surface area contributed by atoms with Crippen molar-refractivity contribution in [1.82, 2.24) is 9.55 Å². The Hall–Kier alpha value is -1.84. The zero-order chi connectivity index (χ0) is 13.5. The van der Waals surface area contributed by atoms with Crippen molar-refractivity contribution < 1.29 is 9.90 Å². The first-order chi connectivity index (χ1) is 8.36. The number of para-hydroxylation sites is 1. The molecule has 0 saturated carbocycles. The lowest BCUT2D eigenvalue weighted by Gasteiger charge is -2.19. The van der Waals surface area contributed by atoms with Gasteiger partial charge in [-0.25, -0.2) is 9.78 Å². The molecule has 0 radical (unpaired) electrons. The number of rotatable bonds is 2. The van der Waals surface area contributed by atoms with E-state index in [1.807, 2.05) is 13.0 Å². The van der Waals surface area contributed by atoms with E-state index in [2.05, 4.69) is 30.3 Å². The van der Waals surface area contributed by atoms with Crippen molar-refractivity contribution >= 4 is 17.0 Å². The van der Waals surface area contributed by atoms with Gasteiger partial charge in [-0.15, -0.1) is 0 Å². The Balaban J connectivity index is 2.84. The molecule has 18 heavy (non-hydrogen) atoms. The van der Waals surface area contributed by atoms with Crippen LogP contribution < -0.4 is 0 Å². The second-order valence-electron chi connectivity index (χ2n) is 5.41. The number of aromatic nitrogens is 2. The van der Waals surface area contributed by atoms with E-state index in [9.17, 15) is 9.90 Å². The Bertz CT molecular complexity index is 606. The number of fused-ring (bicyclic) bond motifs is 1. The Morgan fingerprint density at radius 1 is 1.39 bits per heavy atom. The molecular weight excluding hydrogens is 228 g/mol. The maximum atomic E-state index is 11.2. The lowest BCUT2D eigenvalue weighted by molar-refractivity contribution is 0.0699. The van der Waals surface area contributed by atoms with Crippen LogP contribution in [0.1, 0.15) is 43.9 Å². The van der Waals surface area contributed by atoms with Crippen molar-refractivity contribution in [2.24, 2.45) is 0 Å². The minimum atomic E-state index is -0.929. The molecule has 0 aliphatic heterocycles. The van der Waals surface area contributed by atoms with E-state index in [1.165, 1.54) is 0 Å². The predicted octanol–water partition coefficient (Wildman–Crippen LogP) is 3.05. The Kier molecular flexibility index (Phi) is 2.89. The van der Waals surface area contributed by atoms with Crippen molar-refractivity contribution in [2.75, 3.05) is 0 Å². The first-order valence-corrected chi connectivity index (χ1v) is 6.09. The number of nitrogens with zero attached hydrogens (tertiary/aromatic N) is 2. The zero-order valence-electron chi connectivity index (χ0n) is 11.2. The molecule has 1 heterocycles. The quantitative estimate of drug-likeness (QED) is 0.886. The summed E-state index contributed by atoms with van der Waals surface area (Å²) in [6.07, 6.45) is 0. The average Bonchev–Trinajstić information content (AvgIpc) is 2.66. The molecular formula is C14H18N2O2. The summed E-state index contributed by atoms with van der Waals surface area (Å²) in [4.78, 5) is 15.8. The van der Waals surface area contributed by atoms with Gasteiger partial charge in [0.05, 0.1) is 11.1 Å². The van der Waals surface area contributed by atoms with E-state index < -0.39 is 5.97 Å². The van der Waals surface area contributed by atoms with Crippen LogP contribution in [-0.4, -0.2) is 20.6 Å². The molecule has 2 rings (SSSR count). The summed E-state index contributed by atoms with van der Waals surface area (Å²) in [5.41, 5.74) is 1.63. The number of benzene rings is 1. The minimum absolute atomic E-state index is 0.106. The molecule has 0 fully saturated rings. The van der Waals surface area contributed by atoms with Crippen molar-refractivity contribution in [3.63, 3.8) is 0 Å². The van der Waals surface area contributed by atoms with Gasteiger partial charge >= 0.3 is 5.97 Å². The number of aromatic carboxylic acids is 1. The molecule has 0 aliphatic carbocycles. The molecule has 0 amide bonds. The summed E-state index contributed by atoms with van der Waals surface area (Å²) in [6.45, 7) is 9.08. The first kappa shape index (κ1) is 12.6. The van der Waals surface area contributed by atoms with Crippen molar-refractivity contribution in [3.8, 4) is 0 Å². The summed E-state index contributed by atoms with van der Waals surface area (Å²) in [5, 5.41) is 9.21. The van der Waals surface area contributed by atoms with Crippen LogP contribution in [-0.2, 0) is 12.0 Å². The van der Waals surface area contributed by atoms with Crippen LogP contribution in [0.4, 0.5) is 0 Å². The van der Waals surface area contributed by atoms with Crippen LogP contribution >= 0.6 is 0 Å². The fourth-order valence-electron chi connectivity index (χ4n) is 2.21. The van der Waals surface area contributed by atoms with Gasteiger partial charge in [0.2, 0.25) is 0 Å². The van der Waals surface area contributed by atoms with Crippen molar-refractivity contribution in [2.45, 2.75) is 39.7 Å². The Morgan fingerprint density at radius 3 is 2.56 bits per heavy atom. The number of carbonyl (C=O) groups is 1. The summed E-state index contributed by atoms with van der Waals surface area (Å²) in [6, 6.07) is 5.30. The van der Waals surface area contributed by atoms with Crippen LogP contribution in [0, 0.1) is 0 Å². The summed E-state index contributed by atoms with van der Waals surface area (Å²) < 4.78 is 2.09. The molecule has 1 aromatic carbocycles. The summed E-state index contributed by atoms with van der Waals surface area (Å²) >= 11 is 0. The minimum Gasteiger partial charge on any atom is -0.478 e. The molecule has 0 spiro atoms. The topological polar surface area (TPSA) is 55.1 Å². The normalized spacial score (nSPS) is 12.0. The first-order valence-electron chi connectivity index (χ1n) is 6.09. The molecule has 0 saturated heterocycles. The fraction of sp³-hybridized carbons (Fsp3) is 0.429. The van der Waals surface area contributed by atoms with Crippen molar-refractivity contribution in [1.29, 1.82) is 0 Å². The van der Waals surface area contributed by atoms with Gasteiger partial charge in [-0.2, -0.15) is 0 Å². The molecule has 2 aromatic rings. The molecule has 0 bridgehead atoms. The summed E-state index contributed by atoms with van der Waals surface area (Å²) in [5.74, 6) is -0.00416. The van der Waals surface area contributed by atoms with Gasteiger partial charge in [-0.3, -0.25) is 0 Å². The highest BCUT2D eigenvalue weighted by atomic mass is 16.4. The monoisotopic (exact) mass is 246 g/mol. The van der Waals surface area contributed by atoms with Gasteiger partial charge < -0.3 is 9.67 Å². The number of aryl methyl sites for hydroxylation is 1. The third-order valence-corrected chi connectivity index (χ3v) is 3.00. The Labute approximate surface area is 106 Å². The number of carboxylic acid groups (broad SMARTS) is 1. The van der Waals surface area contributed by atoms with Gasteiger partial charge in [-0.1, -0.05) is 26.8 Å². The van der Waals surface area contributed by atoms with Gasteiger partial charge in [0.1, 0.15) is 11.3 Å². The second kappa shape index (κ2) is 4.12. The van der Waals surface area contributed by atoms with Gasteiger partial charge in [0, 0.05) is 12.0 Å². The van der Waals surface area contributed by atoms with Crippen LogP contribution in [0.3, 0.4) is 0 Å². The third-order valence-electron chi connectivity index (χ3n) is 3.00. The molecule has 4 heteroatoms. The van der Waals surface area contributed by atoms with E-state index in [-0.39, 0.29) is 11.0 Å². The number of imidazole rings is 1. The highest BCUT2D eigenvalue weighted by molar-refractivity contribution is 6.01. The molecule has 0 unspecified atom stereocenters. The number of hydrogen-bond donors (Lipinski definition) is 1. The highest BCUT2D eigenvalue weighted by Crippen LogP contribution is 2.28. The molecule has 0 aliphatic rings. The van der Waals surface area contributed by atoms with Gasteiger partial charge in [-0.05, 0) is 19.1 Å². The lowest BCUT2D eigenvalue weighted by atomic mass is 9.96.